The zero-order chi connectivity index (χ0) is 24.6. The van der Waals surface area contributed by atoms with Crippen LogP contribution in [0, 0.1) is 0 Å². The zero-order valence-electron chi connectivity index (χ0n) is 19.4. The van der Waals surface area contributed by atoms with Crippen molar-refractivity contribution in [1.82, 2.24) is 8.87 Å². The number of hydrogen-bond acceptors (Lipinski definition) is 6. The molecule has 188 valence electrons. The summed E-state index contributed by atoms with van der Waals surface area (Å²) in [6.45, 7) is 1.58. The van der Waals surface area contributed by atoms with Gasteiger partial charge in [0, 0.05) is 30.2 Å². The van der Waals surface area contributed by atoms with E-state index in [1.165, 1.54) is 22.2 Å². The van der Waals surface area contributed by atoms with Crippen molar-refractivity contribution in [3.8, 4) is 5.75 Å². The number of halogens is 1. The second kappa shape index (κ2) is 10.1. The van der Waals surface area contributed by atoms with Gasteiger partial charge in [0.1, 0.15) is 10.6 Å². The van der Waals surface area contributed by atoms with Gasteiger partial charge in [0.25, 0.3) is 10.0 Å². The highest BCUT2D eigenvalue weighted by Crippen LogP contribution is 2.35. The second-order valence-corrected chi connectivity index (χ2v) is 11.8. The highest BCUT2D eigenvalue weighted by atomic mass is 35.5. The van der Waals surface area contributed by atoms with Gasteiger partial charge in [-0.25, -0.2) is 12.4 Å². The number of rotatable bonds is 6. The smallest absolute Gasteiger partial charge is 0.339 e. The van der Waals surface area contributed by atoms with Gasteiger partial charge in [-0.1, -0.05) is 42.5 Å². The third-order valence-electron chi connectivity index (χ3n) is 6.04. The molecule has 0 fully saturated rings. The van der Waals surface area contributed by atoms with Crippen molar-refractivity contribution in [3.63, 3.8) is 0 Å². The molecule has 2 heterocycles. The molecule has 1 aromatic heterocycles. The lowest BCUT2D eigenvalue weighted by Crippen LogP contribution is -2.23. The first kappa shape index (κ1) is 26.0. The molecule has 0 atom stereocenters. The molecular weight excluding hydrogens is 520 g/mol. The molecule has 0 aliphatic carbocycles. The highest BCUT2D eigenvalue weighted by Gasteiger charge is 2.24. The van der Waals surface area contributed by atoms with E-state index in [9.17, 15) is 16.8 Å². The van der Waals surface area contributed by atoms with E-state index in [-0.39, 0.29) is 27.9 Å². The molecular formula is C26H25ClN2O5S2. The van der Waals surface area contributed by atoms with Crippen LogP contribution >= 0.6 is 12.4 Å². The average molecular weight is 545 g/mol. The molecule has 0 unspecified atom stereocenters. The molecule has 10 heteroatoms. The van der Waals surface area contributed by atoms with Crippen molar-refractivity contribution in [1.29, 1.82) is 0 Å². The number of nitrogens with zero attached hydrogens (tertiary/aromatic N) is 2. The number of benzene rings is 3. The van der Waals surface area contributed by atoms with Crippen LogP contribution in [0.4, 0.5) is 0 Å². The Bertz CT molecular complexity index is 1630. The van der Waals surface area contributed by atoms with Crippen molar-refractivity contribution in [2.75, 3.05) is 20.1 Å². The molecule has 1 aliphatic heterocycles. The Balaban J connectivity index is 0.00000304. The summed E-state index contributed by atoms with van der Waals surface area (Å²) in [6.07, 6.45) is 4.44. The standard InChI is InChI=1S/C26H24N2O5S2.ClH/c1-27-16-14-20(15-17-27)25-19-28(34(29,30)22-8-4-2-5-9-22)26-13-12-21(18-24(25)26)33-35(31,32)23-10-6-3-7-11-23;/h2-14,18-19H,15-17H2,1H3;1H. The molecule has 36 heavy (non-hydrogen) atoms. The first-order valence-corrected chi connectivity index (χ1v) is 13.9. The van der Waals surface area contributed by atoms with Crippen molar-refractivity contribution in [2.24, 2.45) is 0 Å². The lowest BCUT2D eigenvalue weighted by atomic mass is 9.99. The van der Waals surface area contributed by atoms with Crippen LogP contribution in [0.25, 0.3) is 16.5 Å². The molecule has 7 nitrogen and oxygen atoms in total. The second-order valence-electron chi connectivity index (χ2n) is 8.43. The van der Waals surface area contributed by atoms with Gasteiger partial charge in [-0.2, -0.15) is 8.42 Å². The zero-order valence-corrected chi connectivity index (χ0v) is 21.9. The minimum atomic E-state index is -4.04. The molecule has 4 aromatic rings. The monoisotopic (exact) mass is 544 g/mol. The van der Waals surface area contributed by atoms with Crippen LogP contribution in [0.2, 0.25) is 0 Å². The summed E-state index contributed by atoms with van der Waals surface area (Å²) in [7, 11) is -5.88. The molecule has 0 bridgehead atoms. The first-order chi connectivity index (χ1) is 16.8. The van der Waals surface area contributed by atoms with Crippen LogP contribution in [0.1, 0.15) is 12.0 Å². The van der Waals surface area contributed by atoms with Crippen LogP contribution in [-0.4, -0.2) is 45.8 Å². The minimum Gasteiger partial charge on any atom is -0.379 e. The predicted molar refractivity (Wildman–Crippen MR) is 143 cm³/mol. The summed E-state index contributed by atoms with van der Waals surface area (Å²) in [4.78, 5) is 2.39. The van der Waals surface area contributed by atoms with E-state index in [1.807, 2.05) is 7.05 Å². The van der Waals surface area contributed by atoms with E-state index in [1.54, 1.807) is 66.9 Å². The summed E-state index contributed by atoms with van der Waals surface area (Å²) in [5, 5.41) is 0.612. The van der Waals surface area contributed by atoms with Crippen LogP contribution in [0.3, 0.4) is 0 Å². The Morgan fingerprint density at radius 3 is 2.08 bits per heavy atom. The maximum Gasteiger partial charge on any atom is 0.339 e. The lowest BCUT2D eigenvalue weighted by Gasteiger charge is -2.21. The van der Waals surface area contributed by atoms with Crippen molar-refractivity contribution in [3.05, 3.63) is 96.7 Å². The largest absolute Gasteiger partial charge is 0.379 e. The lowest BCUT2D eigenvalue weighted by molar-refractivity contribution is 0.370. The highest BCUT2D eigenvalue weighted by molar-refractivity contribution is 7.90. The number of likely N-dealkylation sites (N-methyl/N-ethyl adjacent to an activating group) is 1. The SMILES string of the molecule is CN1CC=C(c2cn(S(=O)(=O)c3ccccc3)c3ccc(OS(=O)(=O)c4ccccc4)cc23)CC1.Cl. The van der Waals surface area contributed by atoms with Gasteiger partial charge < -0.3 is 9.08 Å². The molecule has 0 amide bonds. The number of aromatic nitrogens is 1. The van der Waals surface area contributed by atoms with Gasteiger partial charge in [-0.05, 0) is 61.5 Å². The van der Waals surface area contributed by atoms with Crippen molar-refractivity contribution < 1.29 is 21.0 Å². The van der Waals surface area contributed by atoms with Crippen LogP contribution in [0.15, 0.2) is 101 Å². The molecule has 0 spiro atoms. The maximum absolute atomic E-state index is 13.5. The molecule has 5 rings (SSSR count). The molecule has 0 radical (unpaired) electrons. The minimum absolute atomic E-state index is 0. The van der Waals surface area contributed by atoms with E-state index in [0.29, 0.717) is 10.9 Å². The Hall–Kier alpha value is -3.11. The topological polar surface area (TPSA) is 85.7 Å². The molecule has 0 saturated heterocycles. The van der Waals surface area contributed by atoms with Gasteiger partial charge in [0.05, 0.1) is 10.4 Å². The molecule has 0 N–H and O–H groups in total. The van der Waals surface area contributed by atoms with E-state index >= 15 is 0 Å². The van der Waals surface area contributed by atoms with Crippen molar-refractivity contribution in [2.45, 2.75) is 16.2 Å². The van der Waals surface area contributed by atoms with Gasteiger partial charge in [0.2, 0.25) is 0 Å². The Kier molecular flexibility index (Phi) is 7.28. The van der Waals surface area contributed by atoms with Gasteiger partial charge in [-0.15, -0.1) is 12.4 Å². The maximum atomic E-state index is 13.5. The summed E-state index contributed by atoms with van der Waals surface area (Å²) < 4.78 is 59.2. The van der Waals surface area contributed by atoms with E-state index in [4.69, 9.17) is 4.18 Å². The van der Waals surface area contributed by atoms with Crippen LogP contribution in [-0.2, 0) is 20.1 Å². The predicted octanol–water partition coefficient (Wildman–Crippen LogP) is 4.79. The number of hydrogen-bond donors (Lipinski definition) is 0. The summed E-state index contributed by atoms with van der Waals surface area (Å²) in [5.74, 6) is 0.117. The fourth-order valence-electron chi connectivity index (χ4n) is 4.17. The summed E-state index contributed by atoms with van der Waals surface area (Å²) in [6, 6.07) is 20.8. The van der Waals surface area contributed by atoms with E-state index < -0.39 is 20.1 Å². The van der Waals surface area contributed by atoms with E-state index in [2.05, 4.69) is 11.0 Å². The van der Waals surface area contributed by atoms with Gasteiger partial charge in [-0.3, -0.25) is 0 Å². The van der Waals surface area contributed by atoms with Crippen LogP contribution < -0.4 is 4.18 Å². The third kappa shape index (κ3) is 4.92. The molecule has 0 saturated carbocycles. The Morgan fingerprint density at radius 2 is 1.47 bits per heavy atom. The third-order valence-corrected chi connectivity index (χ3v) is 8.99. The Morgan fingerprint density at radius 1 is 0.833 bits per heavy atom. The average Bonchev–Trinajstić information content (AvgIpc) is 3.25. The first-order valence-electron chi connectivity index (χ1n) is 11.1. The molecule has 1 aliphatic rings. The normalized spacial score (nSPS) is 14.8. The summed E-state index contributed by atoms with van der Waals surface area (Å²) in [5.41, 5.74) is 2.21. The summed E-state index contributed by atoms with van der Waals surface area (Å²) >= 11 is 0. The van der Waals surface area contributed by atoms with Gasteiger partial charge >= 0.3 is 10.1 Å². The molecule has 3 aromatic carbocycles. The number of fused-ring (bicyclic) bond motifs is 1. The van der Waals surface area contributed by atoms with Gasteiger partial charge in [0.15, 0.2) is 0 Å². The van der Waals surface area contributed by atoms with Crippen molar-refractivity contribution >= 4 is 49.0 Å². The fraction of sp³-hybridized carbons (Fsp3) is 0.154. The van der Waals surface area contributed by atoms with Crippen LogP contribution in [0.5, 0.6) is 5.75 Å². The fourth-order valence-corrected chi connectivity index (χ4v) is 6.50. The quantitative estimate of drug-likeness (QED) is 0.325. The Labute approximate surface area is 217 Å². The van der Waals surface area contributed by atoms with E-state index in [0.717, 1.165) is 30.6 Å².